The number of benzene rings is 4. The van der Waals surface area contributed by atoms with Crippen LogP contribution in [0.5, 0.6) is 0 Å². The number of carbonyl (C=O) groups excluding carboxylic acids is 2. The molecule has 0 bridgehead atoms. The molecular formula is C41H64O6Y-2. The van der Waals surface area contributed by atoms with Gasteiger partial charge in [-0.25, -0.2) is 4.79 Å². The molecule has 4 aromatic carbocycles. The quantitative estimate of drug-likeness (QED) is 0.150. The predicted molar refractivity (Wildman–Crippen MR) is 202 cm³/mol. The summed E-state index contributed by atoms with van der Waals surface area (Å²) in [5.74, 6) is -0.245. The van der Waals surface area contributed by atoms with Gasteiger partial charge in [-0.3, -0.25) is 4.79 Å². The van der Waals surface area contributed by atoms with E-state index in [9.17, 15) is 9.59 Å². The minimum atomic E-state index is -0.657. The van der Waals surface area contributed by atoms with E-state index in [0.717, 1.165) is 6.42 Å². The summed E-state index contributed by atoms with van der Waals surface area (Å²) in [5, 5.41) is 0. The van der Waals surface area contributed by atoms with Crippen molar-refractivity contribution in [2.75, 3.05) is 35.5 Å². The Morgan fingerprint density at radius 1 is 0.479 bits per heavy atom. The number of carbonyl (C=O) groups is 2. The smallest absolute Gasteiger partial charge is 0.469 e. The van der Waals surface area contributed by atoms with Crippen molar-refractivity contribution in [3.05, 3.63) is 145 Å². The van der Waals surface area contributed by atoms with Crippen LogP contribution < -0.4 is 0 Å². The second-order valence-electron chi connectivity index (χ2n) is 7.06. The Bertz CT molecular complexity index is 891. The summed E-state index contributed by atoms with van der Waals surface area (Å²) in [6.07, 6.45) is 0.372. The summed E-state index contributed by atoms with van der Waals surface area (Å²) in [6.45, 7) is 17.4. The summed E-state index contributed by atoms with van der Waals surface area (Å²) in [4.78, 5) is 19.3. The maximum atomic E-state index is 9.74. The van der Waals surface area contributed by atoms with Crippen molar-refractivity contribution < 1.29 is 61.2 Å². The van der Waals surface area contributed by atoms with Gasteiger partial charge in [-0.15, -0.1) is 0 Å². The summed E-state index contributed by atoms with van der Waals surface area (Å²) in [5.41, 5.74) is 2.74. The van der Waals surface area contributed by atoms with Crippen molar-refractivity contribution in [1.29, 1.82) is 0 Å². The fraction of sp³-hybridized carbons (Fsp3) is 0.366. The topological polar surface area (TPSA) is 71.1 Å². The zero-order chi connectivity index (χ0) is 37.4. The molecule has 0 amide bonds. The third kappa shape index (κ3) is 61.7. The Morgan fingerprint density at radius 2 is 0.708 bits per heavy atom. The van der Waals surface area contributed by atoms with Crippen LogP contribution in [0.2, 0.25) is 0 Å². The number of methoxy groups -OCH3 is 4. The number of hydrogen-bond donors (Lipinski definition) is 0. The van der Waals surface area contributed by atoms with E-state index in [1.165, 1.54) is 39.4 Å². The molecule has 0 aromatic heterocycles. The van der Waals surface area contributed by atoms with E-state index in [4.69, 9.17) is 0 Å². The van der Waals surface area contributed by atoms with Gasteiger partial charge < -0.3 is 18.9 Å². The monoisotopic (exact) mass is 741 g/mol. The molecule has 0 fully saturated rings. The Kier molecular flexibility index (Phi) is 78.2. The average Bonchev–Trinajstić information content (AvgIpc) is 3.18. The van der Waals surface area contributed by atoms with Crippen molar-refractivity contribution in [3.63, 3.8) is 0 Å². The van der Waals surface area contributed by atoms with Crippen molar-refractivity contribution >= 4 is 12.1 Å². The SMILES string of the molecule is CC.CC.CC.CC.COC.COC(=O)OC.COC(C)=O.[Y].[c-]1ccccc1.[c-]1ccccc1.c1ccc(Cc2ccccc2)cc1. The third-order valence-electron chi connectivity index (χ3n) is 3.93. The van der Waals surface area contributed by atoms with Crippen molar-refractivity contribution in [1.82, 2.24) is 0 Å². The van der Waals surface area contributed by atoms with Crippen LogP contribution in [0.3, 0.4) is 0 Å². The fourth-order valence-corrected chi connectivity index (χ4v) is 2.19. The average molecular weight is 742 g/mol. The van der Waals surface area contributed by atoms with E-state index in [-0.39, 0.29) is 38.7 Å². The summed E-state index contributed by atoms with van der Waals surface area (Å²) in [7, 11) is 7.11. The van der Waals surface area contributed by atoms with Gasteiger partial charge in [0.05, 0.1) is 21.3 Å². The van der Waals surface area contributed by atoms with E-state index in [0.29, 0.717) is 0 Å². The number of rotatable bonds is 2. The molecule has 0 atom stereocenters. The first-order valence-electron chi connectivity index (χ1n) is 15.9. The van der Waals surface area contributed by atoms with Gasteiger partial charge in [-0.2, -0.15) is 72.8 Å². The van der Waals surface area contributed by atoms with Crippen molar-refractivity contribution in [2.24, 2.45) is 0 Å². The Hall–Kier alpha value is -3.32. The van der Waals surface area contributed by atoms with Crippen LogP contribution in [-0.2, 0) is 62.9 Å². The Morgan fingerprint density at radius 3 is 0.833 bits per heavy atom. The van der Waals surface area contributed by atoms with Crippen LogP contribution in [0.1, 0.15) is 73.4 Å². The molecule has 4 rings (SSSR count). The van der Waals surface area contributed by atoms with Gasteiger partial charge in [0.15, 0.2) is 0 Å². The van der Waals surface area contributed by atoms with Gasteiger partial charge in [0.25, 0.3) is 0 Å². The molecule has 48 heavy (non-hydrogen) atoms. The fourth-order valence-electron chi connectivity index (χ4n) is 2.19. The number of ether oxygens (including phenoxy) is 4. The molecule has 1 radical (unpaired) electrons. The summed E-state index contributed by atoms with van der Waals surface area (Å²) >= 11 is 0. The van der Waals surface area contributed by atoms with Crippen LogP contribution in [0, 0.1) is 12.1 Å². The predicted octanol–water partition coefficient (Wildman–Crippen LogP) is 11.2. The second-order valence-corrected chi connectivity index (χ2v) is 7.06. The molecule has 0 saturated carbocycles. The van der Waals surface area contributed by atoms with Crippen molar-refractivity contribution in [2.45, 2.75) is 68.7 Å². The normalized spacial score (nSPS) is 7.12. The first-order chi connectivity index (χ1) is 22.9. The standard InChI is InChI=1S/C13H12.2C6H5.C3H6O3.C3H6O2.C2H6O.4C2H6.Y/c1-3-7-12(8-4-1)11-13-9-5-2-6-10-13;2*1-2-4-6-5-3-1;1-5-3(4)6-2;1-3(4)5-2;1-3-2;4*1-2;/h1-10H,11H2;2*1-5H;1-2H3;1-2H3;1-2H3;4*1-2H3;/q;2*-1;;;;;;;;. The summed E-state index contributed by atoms with van der Waals surface area (Å²) < 4.78 is 16.4. The Labute approximate surface area is 320 Å². The van der Waals surface area contributed by atoms with Gasteiger partial charge in [0.2, 0.25) is 0 Å². The molecule has 4 aromatic rings. The molecular weight excluding hydrogens is 677 g/mol. The molecule has 7 heteroatoms. The molecule has 6 nitrogen and oxygen atoms in total. The van der Waals surface area contributed by atoms with Gasteiger partial charge >= 0.3 is 12.1 Å². The van der Waals surface area contributed by atoms with E-state index >= 15 is 0 Å². The number of esters is 1. The van der Waals surface area contributed by atoms with E-state index < -0.39 is 6.16 Å². The van der Waals surface area contributed by atoms with Crippen LogP contribution in [0.25, 0.3) is 0 Å². The molecule has 0 spiro atoms. The van der Waals surface area contributed by atoms with Gasteiger partial charge in [-0.1, -0.05) is 116 Å². The molecule has 0 unspecified atom stereocenters. The summed E-state index contributed by atoms with van der Waals surface area (Å²) in [6, 6.07) is 46.1. The zero-order valence-electron chi connectivity index (χ0n) is 32.3. The van der Waals surface area contributed by atoms with E-state index in [1.54, 1.807) is 14.2 Å². The van der Waals surface area contributed by atoms with Crippen LogP contribution in [0.4, 0.5) is 4.79 Å². The van der Waals surface area contributed by atoms with Crippen LogP contribution in [0.15, 0.2) is 121 Å². The van der Waals surface area contributed by atoms with Crippen LogP contribution >= 0.6 is 0 Å². The molecule has 0 aliphatic rings. The van der Waals surface area contributed by atoms with Crippen LogP contribution in [-0.4, -0.2) is 47.7 Å². The maximum Gasteiger partial charge on any atom is 0.507 e. The Balaban J connectivity index is -0.0000000844. The van der Waals surface area contributed by atoms with Gasteiger partial charge in [-0.05, 0) is 17.5 Å². The largest absolute Gasteiger partial charge is 0.507 e. The molecule has 0 heterocycles. The van der Waals surface area contributed by atoms with Crippen molar-refractivity contribution in [3.8, 4) is 0 Å². The van der Waals surface area contributed by atoms with E-state index in [2.05, 4.69) is 91.7 Å². The first-order valence-corrected chi connectivity index (χ1v) is 15.9. The van der Waals surface area contributed by atoms with Gasteiger partial charge in [0.1, 0.15) is 0 Å². The molecule has 269 valence electrons. The second kappa shape index (κ2) is 62.5. The van der Waals surface area contributed by atoms with Gasteiger partial charge in [0, 0.05) is 53.9 Å². The molecule has 0 aliphatic heterocycles. The minimum absolute atomic E-state index is 0. The molecule has 0 saturated heterocycles. The molecule has 0 aliphatic carbocycles. The molecule has 0 N–H and O–H groups in total. The first kappa shape index (κ1) is 60.0. The van der Waals surface area contributed by atoms with E-state index in [1.807, 2.05) is 116 Å². The zero-order valence-corrected chi connectivity index (χ0v) is 35.1. The number of hydrogen-bond acceptors (Lipinski definition) is 6. The third-order valence-corrected chi connectivity index (χ3v) is 3.93. The minimum Gasteiger partial charge on any atom is -0.469 e. The maximum absolute atomic E-state index is 9.74.